The van der Waals surface area contributed by atoms with Gasteiger partial charge in [0.05, 0.1) is 29.8 Å². The zero-order chi connectivity index (χ0) is 22.0. The molecule has 0 aliphatic rings. The summed E-state index contributed by atoms with van der Waals surface area (Å²) in [7, 11) is -2.72. The van der Waals surface area contributed by atoms with Gasteiger partial charge >= 0.3 is 0 Å². The molecule has 1 heterocycles. The largest absolute Gasteiger partial charge is 0.495 e. The second-order valence-electron chi connectivity index (χ2n) is 6.78. The van der Waals surface area contributed by atoms with Crippen LogP contribution in [0, 0.1) is 11.6 Å². The number of methoxy groups -OCH3 is 1. The smallest absolute Gasteiger partial charge is 0.264 e. The SMILES string of the molecule is COc1ccccc1N(Cc1cc(F)cc2cccnc12)S(=O)(=O)c1ccc(F)cc1. The molecule has 0 amide bonds. The van der Waals surface area contributed by atoms with Crippen LogP contribution in [-0.4, -0.2) is 20.5 Å². The Morgan fingerprint density at radius 1 is 0.935 bits per heavy atom. The topological polar surface area (TPSA) is 59.5 Å². The molecule has 0 bridgehead atoms. The van der Waals surface area contributed by atoms with Crippen molar-refractivity contribution in [3.05, 3.63) is 96.2 Å². The van der Waals surface area contributed by atoms with Crippen LogP contribution in [-0.2, 0) is 16.6 Å². The fraction of sp³-hybridized carbons (Fsp3) is 0.0870. The number of fused-ring (bicyclic) bond motifs is 1. The summed E-state index contributed by atoms with van der Waals surface area (Å²) in [6, 6.07) is 17.1. The first kappa shape index (κ1) is 20.7. The van der Waals surface area contributed by atoms with Gasteiger partial charge in [-0.15, -0.1) is 0 Å². The zero-order valence-electron chi connectivity index (χ0n) is 16.5. The third-order valence-electron chi connectivity index (χ3n) is 4.82. The summed E-state index contributed by atoms with van der Waals surface area (Å²) in [5.74, 6) is -0.736. The Balaban J connectivity index is 1.91. The Morgan fingerprint density at radius 2 is 1.68 bits per heavy atom. The summed E-state index contributed by atoms with van der Waals surface area (Å²) in [4.78, 5) is 4.21. The third kappa shape index (κ3) is 4.06. The Bertz CT molecular complexity index is 1340. The molecule has 0 aliphatic heterocycles. The molecule has 0 saturated heterocycles. The van der Waals surface area contributed by atoms with Crippen molar-refractivity contribution in [3.8, 4) is 5.75 Å². The second kappa shape index (κ2) is 8.31. The highest BCUT2D eigenvalue weighted by atomic mass is 32.2. The highest BCUT2D eigenvalue weighted by molar-refractivity contribution is 7.92. The number of benzene rings is 3. The highest BCUT2D eigenvalue weighted by Gasteiger charge is 2.28. The van der Waals surface area contributed by atoms with E-state index < -0.39 is 21.7 Å². The van der Waals surface area contributed by atoms with Crippen molar-refractivity contribution in [1.82, 2.24) is 4.98 Å². The highest BCUT2D eigenvalue weighted by Crippen LogP contribution is 2.34. The minimum absolute atomic E-state index is 0.103. The summed E-state index contributed by atoms with van der Waals surface area (Å²) in [6.07, 6.45) is 1.56. The van der Waals surface area contributed by atoms with Crippen molar-refractivity contribution in [2.45, 2.75) is 11.4 Å². The van der Waals surface area contributed by atoms with Crippen molar-refractivity contribution < 1.29 is 21.9 Å². The summed E-state index contributed by atoms with van der Waals surface area (Å²) >= 11 is 0. The molecule has 0 fully saturated rings. The van der Waals surface area contributed by atoms with Crippen LogP contribution in [0.25, 0.3) is 10.9 Å². The Hall–Kier alpha value is -3.52. The van der Waals surface area contributed by atoms with Crippen molar-refractivity contribution in [3.63, 3.8) is 0 Å². The molecule has 4 aromatic rings. The van der Waals surface area contributed by atoms with Gasteiger partial charge in [0.2, 0.25) is 0 Å². The van der Waals surface area contributed by atoms with Crippen molar-refractivity contribution >= 4 is 26.6 Å². The van der Waals surface area contributed by atoms with E-state index in [1.165, 1.54) is 31.4 Å². The number of hydrogen-bond acceptors (Lipinski definition) is 4. The lowest BCUT2D eigenvalue weighted by Crippen LogP contribution is -2.31. The van der Waals surface area contributed by atoms with Crippen molar-refractivity contribution in [2.75, 3.05) is 11.4 Å². The monoisotopic (exact) mass is 440 g/mol. The Morgan fingerprint density at radius 3 is 2.42 bits per heavy atom. The van der Waals surface area contributed by atoms with Crippen LogP contribution >= 0.6 is 0 Å². The summed E-state index contributed by atoms with van der Waals surface area (Å²) in [5.41, 5.74) is 1.13. The lowest BCUT2D eigenvalue weighted by atomic mass is 10.1. The van der Waals surface area contributed by atoms with Gasteiger partial charge in [0.1, 0.15) is 17.4 Å². The van der Waals surface area contributed by atoms with Gasteiger partial charge in [0, 0.05) is 17.1 Å². The number of pyridine rings is 1. The molecule has 158 valence electrons. The molecule has 1 aromatic heterocycles. The number of aromatic nitrogens is 1. The zero-order valence-corrected chi connectivity index (χ0v) is 17.3. The van der Waals surface area contributed by atoms with Gasteiger partial charge in [-0.1, -0.05) is 18.2 Å². The second-order valence-corrected chi connectivity index (χ2v) is 8.64. The summed E-state index contributed by atoms with van der Waals surface area (Å²) in [5, 5.41) is 0.552. The van der Waals surface area contributed by atoms with Gasteiger partial charge in [-0.3, -0.25) is 9.29 Å². The normalized spacial score (nSPS) is 11.5. The van der Waals surface area contributed by atoms with E-state index >= 15 is 0 Å². The number of rotatable bonds is 6. The van der Waals surface area contributed by atoms with E-state index in [1.807, 2.05) is 0 Å². The Labute approximate surface area is 178 Å². The fourth-order valence-corrected chi connectivity index (χ4v) is 4.83. The molecule has 0 radical (unpaired) electrons. The molecule has 4 rings (SSSR count). The van der Waals surface area contributed by atoms with Crippen LogP contribution in [0.15, 0.2) is 83.9 Å². The van der Waals surface area contributed by atoms with Crippen LogP contribution in [0.4, 0.5) is 14.5 Å². The van der Waals surface area contributed by atoms with Crippen LogP contribution in [0.3, 0.4) is 0 Å². The van der Waals surface area contributed by atoms with Crippen LogP contribution in [0.1, 0.15) is 5.56 Å². The van der Waals surface area contributed by atoms with E-state index in [0.29, 0.717) is 22.2 Å². The number of para-hydroxylation sites is 2. The molecule has 3 aromatic carbocycles. The third-order valence-corrected chi connectivity index (χ3v) is 6.59. The maximum absolute atomic E-state index is 14.3. The van der Waals surface area contributed by atoms with Gasteiger partial charge in [-0.25, -0.2) is 17.2 Å². The van der Waals surface area contributed by atoms with Crippen molar-refractivity contribution in [2.24, 2.45) is 0 Å². The first-order chi connectivity index (χ1) is 14.9. The van der Waals surface area contributed by atoms with E-state index in [0.717, 1.165) is 16.4 Å². The van der Waals surface area contributed by atoms with Gasteiger partial charge in [0.15, 0.2) is 0 Å². The molecule has 8 heteroatoms. The molecule has 5 nitrogen and oxygen atoms in total. The predicted octanol–water partition coefficient (Wildman–Crippen LogP) is 4.92. The van der Waals surface area contributed by atoms with Gasteiger partial charge in [-0.2, -0.15) is 0 Å². The molecule has 31 heavy (non-hydrogen) atoms. The number of anilines is 1. The van der Waals surface area contributed by atoms with Crippen LogP contribution < -0.4 is 9.04 Å². The molecular weight excluding hydrogens is 422 g/mol. The number of hydrogen-bond donors (Lipinski definition) is 0. The average Bonchev–Trinajstić information content (AvgIpc) is 2.77. The van der Waals surface area contributed by atoms with E-state index in [1.54, 1.807) is 42.6 Å². The molecule has 0 aliphatic carbocycles. The standard InChI is InChI=1S/C23H18F2N2O3S/c1-30-22-7-3-2-6-21(22)27(31(28,29)20-10-8-18(24)9-11-20)15-17-14-19(25)13-16-5-4-12-26-23(16)17/h2-14H,15H2,1H3. The van der Waals surface area contributed by atoms with Gasteiger partial charge < -0.3 is 4.74 Å². The molecular formula is C23H18F2N2O3S. The van der Waals surface area contributed by atoms with Crippen LogP contribution in [0.5, 0.6) is 5.75 Å². The number of sulfonamides is 1. The van der Waals surface area contributed by atoms with Crippen LogP contribution in [0.2, 0.25) is 0 Å². The lowest BCUT2D eigenvalue weighted by molar-refractivity contribution is 0.415. The lowest BCUT2D eigenvalue weighted by Gasteiger charge is -2.26. The average molecular weight is 440 g/mol. The maximum Gasteiger partial charge on any atom is 0.264 e. The summed E-state index contributed by atoms with van der Waals surface area (Å²) in [6.45, 7) is -0.203. The van der Waals surface area contributed by atoms with Crippen molar-refractivity contribution in [1.29, 1.82) is 0 Å². The first-order valence-corrected chi connectivity index (χ1v) is 10.8. The summed E-state index contributed by atoms with van der Waals surface area (Å²) < 4.78 is 61.3. The van der Waals surface area contributed by atoms with E-state index in [-0.39, 0.29) is 17.1 Å². The maximum atomic E-state index is 14.3. The number of halogens is 2. The quantitative estimate of drug-likeness (QED) is 0.427. The number of ether oxygens (including phenoxy) is 1. The minimum atomic E-state index is -4.15. The van der Waals surface area contributed by atoms with E-state index in [2.05, 4.69) is 4.98 Å². The molecule has 0 spiro atoms. The van der Waals surface area contributed by atoms with E-state index in [9.17, 15) is 17.2 Å². The Kier molecular flexibility index (Phi) is 5.56. The molecule has 0 atom stereocenters. The molecule has 0 unspecified atom stereocenters. The predicted molar refractivity (Wildman–Crippen MR) is 114 cm³/mol. The molecule has 0 N–H and O–H groups in total. The van der Waals surface area contributed by atoms with Gasteiger partial charge in [0.25, 0.3) is 10.0 Å². The minimum Gasteiger partial charge on any atom is -0.495 e. The van der Waals surface area contributed by atoms with Gasteiger partial charge in [-0.05, 0) is 54.6 Å². The van der Waals surface area contributed by atoms with E-state index in [4.69, 9.17) is 4.74 Å². The fourth-order valence-electron chi connectivity index (χ4n) is 3.37. The molecule has 0 saturated carbocycles. The first-order valence-electron chi connectivity index (χ1n) is 9.34. The number of nitrogens with zero attached hydrogens (tertiary/aromatic N) is 2.